The van der Waals surface area contributed by atoms with Crippen LogP contribution in [-0.2, 0) is 0 Å². The Bertz CT molecular complexity index is 1340. The van der Waals surface area contributed by atoms with Gasteiger partial charge in [-0.05, 0) is 59.0 Å². The molecule has 0 saturated carbocycles. The number of hydrogen-bond donors (Lipinski definition) is 1. The van der Waals surface area contributed by atoms with Gasteiger partial charge in [0.05, 0.1) is 23.0 Å². The largest absolute Gasteiger partial charge is 0.454 e. The maximum Gasteiger partial charge on any atom is 0.272 e. The second-order valence-electron chi connectivity index (χ2n) is 6.86. The number of nitrogens with one attached hydrogen (secondary N) is 1. The molecule has 2 heterocycles. The number of halogens is 1. The number of ether oxygens (including phenoxy) is 2. The molecule has 0 aliphatic carbocycles. The van der Waals surface area contributed by atoms with Gasteiger partial charge >= 0.3 is 0 Å². The second-order valence-corrected chi connectivity index (χ2v) is 8.02. The van der Waals surface area contributed by atoms with Crippen LogP contribution < -0.4 is 14.9 Å². The van der Waals surface area contributed by atoms with Crippen molar-refractivity contribution in [2.45, 2.75) is 0 Å². The van der Waals surface area contributed by atoms with E-state index in [-0.39, 0.29) is 12.7 Å². The summed E-state index contributed by atoms with van der Waals surface area (Å²) in [7, 11) is 0. The van der Waals surface area contributed by atoms with E-state index < -0.39 is 0 Å². The molecule has 0 saturated heterocycles. The van der Waals surface area contributed by atoms with Crippen molar-refractivity contribution in [1.82, 2.24) is 10.4 Å². The maximum atomic E-state index is 13.0. The first-order valence-electron chi connectivity index (χ1n) is 9.57. The van der Waals surface area contributed by atoms with Gasteiger partial charge in [-0.15, -0.1) is 0 Å². The third-order valence-electron chi connectivity index (χ3n) is 4.90. The zero-order valence-corrected chi connectivity index (χ0v) is 18.4. The molecule has 1 N–H and O–H groups in total. The molecule has 5 rings (SSSR count). The number of para-hydroxylation sites is 1. The normalized spacial score (nSPS) is 12.4. The smallest absolute Gasteiger partial charge is 0.272 e. The Morgan fingerprint density at radius 1 is 1.00 bits per heavy atom. The summed E-state index contributed by atoms with van der Waals surface area (Å²) in [6, 6.07) is 22.8. The van der Waals surface area contributed by atoms with Crippen LogP contribution in [0.25, 0.3) is 22.2 Å². The van der Waals surface area contributed by atoms with Crippen LogP contribution in [0.2, 0.25) is 0 Å². The maximum absolute atomic E-state index is 13.0. The Morgan fingerprint density at radius 3 is 2.71 bits per heavy atom. The first-order chi connectivity index (χ1) is 15.2. The van der Waals surface area contributed by atoms with Crippen LogP contribution in [0, 0.1) is 3.57 Å². The first-order valence-corrected chi connectivity index (χ1v) is 10.6. The van der Waals surface area contributed by atoms with Gasteiger partial charge in [-0.3, -0.25) is 4.79 Å². The lowest BCUT2D eigenvalue weighted by Gasteiger charge is -2.09. The van der Waals surface area contributed by atoms with Crippen LogP contribution in [0.1, 0.15) is 15.9 Å². The zero-order chi connectivity index (χ0) is 21.2. The third kappa shape index (κ3) is 3.96. The monoisotopic (exact) mass is 521 g/mol. The fourth-order valence-corrected chi connectivity index (χ4v) is 3.89. The van der Waals surface area contributed by atoms with Gasteiger partial charge in [0.15, 0.2) is 11.5 Å². The highest BCUT2D eigenvalue weighted by atomic mass is 127. The molecular formula is C24H16IN3O3. The number of nitrogens with zero attached hydrogens (tertiary/aromatic N) is 2. The molecule has 0 radical (unpaired) electrons. The summed E-state index contributed by atoms with van der Waals surface area (Å²) in [4.78, 5) is 17.7. The summed E-state index contributed by atoms with van der Waals surface area (Å²) in [5.41, 5.74) is 6.31. The number of carbonyl (C=O) groups excluding carboxylic acids is 1. The van der Waals surface area contributed by atoms with Gasteiger partial charge in [0.1, 0.15) is 0 Å². The molecule has 31 heavy (non-hydrogen) atoms. The number of amides is 1. The minimum atomic E-state index is -0.303. The van der Waals surface area contributed by atoms with Gasteiger partial charge in [-0.1, -0.05) is 36.4 Å². The van der Waals surface area contributed by atoms with E-state index in [1.165, 1.54) is 0 Å². The fourth-order valence-electron chi connectivity index (χ4n) is 3.37. The Balaban J connectivity index is 1.50. The van der Waals surface area contributed by atoms with E-state index in [4.69, 9.17) is 14.5 Å². The van der Waals surface area contributed by atoms with Crippen LogP contribution in [0.15, 0.2) is 77.9 Å². The standard InChI is InChI=1S/C24H16IN3O3/c25-19-7-3-1-5-16(19)13-26-28-24(29)18-12-21(27-20-8-4-2-6-17(18)20)15-9-10-22-23(11-15)31-14-30-22/h1-13H,14H2,(H,28,29)/b26-13+. The predicted octanol–water partition coefficient (Wildman–Crippen LogP) is 5.00. The minimum absolute atomic E-state index is 0.204. The third-order valence-corrected chi connectivity index (χ3v) is 5.89. The van der Waals surface area contributed by atoms with E-state index in [0.29, 0.717) is 22.8 Å². The molecule has 0 fully saturated rings. The summed E-state index contributed by atoms with van der Waals surface area (Å²) in [5.74, 6) is 1.07. The van der Waals surface area contributed by atoms with E-state index in [1.807, 2.05) is 66.7 Å². The van der Waals surface area contributed by atoms with Crippen molar-refractivity contribution in [3.63, 3.8) is 0 Å². The van der Waals surface area contributed by atoms with Gasteiger partial charge in [-0.25, -0.2) is 10.4 Å². The molecule has 0 atom stereocenters. The van der Waals surface area contributed by atoms with Gasteiger partial charge in [-0.2, -0.15) is 5.10 Å². The zero-order valence-electron chi connectivity index (χ0n) is 16.2. The van der Waals surface area contributed by atoms with E-state index >= 15 is 0 Å². The first kappa shape index (κ1) is 19.5. The van der Waals surface area contributed by atoms with E-state index in [1.54, 1.807) is 12.3 Å². The molecule has 1 amide bonds. The lowest BCUT2D eigenvalue weighted by atomic mass is 10.0. The van der Waals surface area contributed by atoms with Gasteiger partial charge in [0.2, 0.25) is 6.79 Å². The summed E-state index contributed by atoms with van der Waals surface area (Å²) in [6.07, 6.45) is 1.64. The Labute approximate surface area is 192 Å². The van der Waals surface area contributed by atoms with Crippen LogP contribution in [-0.4, -0.2) is 23.9 Å². The molecule has 0 spiro atoms. The van der Waals surface area contributed by atoms with Gasteiger partial charge in [0.25, 0.3) is 5.91 Å². The molecule has 6 nitrogen and oxygen atoms in total. The topological polar surface area (TPSA) is 72.8 Å². The molecule has 1 aliphatic rings. The minimum Gasteiger partial charge on any atom is -0.454 e. The Hall–Kier alpha value is -3.46. The Kier molecular flexibility index (Phi) is 5.25. The van der Waals surface area contributed by atoms with Crippen molar-refractivity contribution in [1.29, 1.82) is 0 Å². The number of pyridine rings is 1. The van der Waals surface area contributed by atoms with Gasteiger partial charge in [0, 0.05) is 20.1 Å². The van der Waals surface area contributed by atoms with Crippen LogP contribution in [0.3, 0.4) is 0 Å². The van der Waals surface area contributed by atoms with Crippen molar-refractivity contribution < 1.29 is 14.3 Å². The van der Waals surface area contributed by atoms with E-state index in [0.717, 1.165) is 25.6 Å². The molecule has 7 heteroatoms. The summed E-state index contributed by atoms with van der Waals surface area (Å²) in [5, 5.41) is 4.91. The molecule has 3 aromatic carbocycles. The van der Waals surface area contributed by atoms with E-state index in [2.05, 4.69) is 33.1 Å². The average Bonchev–Trinajstić information content (AvgIpc) is 3.27. The molecule has 0 unspecified atom stereocenters. The lowest BCUT2D eigenvalue weighted by Crippen LogP contribution is -2.18. The molecule has 1 aromatic heterocycles. The lowest BCUT2D eigenvalue weighted by molar-refractivity contribution is 0.0956. The summed E-state index contributed by atoms with van der Waals surface area (Å²) in [6.45, 7) is 0.204. The number of hydrazone groups is 1. The molecule has 4 aromatic rings. The fraction of sp³-hybridized carbons (Fsp3) is 0.0417. The Morgan fingerprint density at radius 2 is 1.81 bits per heavy atom. The number of benzene rings is 3. The second kappa shape index (κ2) is 8.35. The summed E-state index contributed by atoms with van der Waals surface area (Å²) < 4.78 is 11.9. The number of aromatic nitrogens is 1. The number of carbonyl (C=O) groups is 1. The summed E-state index contributed by atoms with van der Waals surface area (Å²) >= 11 is 2.23. The van der Waals surface area contributed by atoms with Crippen molar-refractivity contribution in [3.05, 3.63) is 87.5 Å². The van der Waals surface area contributed by atoms with Crippen LogP contribution in [0.4, 0.5) is 0 Å². The SMILES string of the molecule is O=C(N/N=C/c1ccccc1I)c1cc(-c2ccc3c(c2)OCO3)nc2ccccc12. The van der Waals surface area contributed by atoms with Crippen molar-refractivity contribution >= 4 is 45.6 Å². The molecular weight excluding hydrogens is 505 g/mol. The van der Waals surface area contributed by atoms with Crippen molar-refractivity contribution in [3.8, 4) is 22.8 Å². The van der Waals surface area contributed by atoms with Crippen molar-refractivity contribution in [2.75, 3.05) is 6.79 Å². The highest BCUT2D eigenvalue weighted by Crippen LogP contribution is 2.36. The average molecular weight is 521 g/mol. The number of fused-ring (bicyclic) bond motifs is 2. The van der Waals surface area contributed by atoms with Crippen molar-refractivity contribution in [2.24, 2.45) is 5.10 Å². The number of hydrogen-bond acceptors (Lipinski definition) is 5. The van der Waals surface area contributed by atoms with Crippen LogP contribution in [0.5, 0.6) is 11.5 Å². The molecule has 1 aliphatic heterocycles. The molecule has 152 valence electrons. The highest BCUT2D eigenvalue weighted by Gasteiger charge is 2.17. The highest BCUT2D eigenvalue weighted by molar-refractivity contribution is 14.1. The van der Waals surface area contributed by atoms with E-state index in [9.17, 15) is 4.79 Å². The molecule has 0 bridgehead atoms. The number of rotatable bonds is 4. The van der Waals surface area contributed by atoms with Crippen LogP contribution >= 0.6 is 22.6 Å². The predicted molar refractivity (Wildman–Crippen MR) is 128 cm³/mol. The van der Waals surface area contributed by atoms with Gasteiger partial charge < -0.3 is 9.47 Å². The quantitative estimate of drug-likeness (QED) is 0.233.